The molecule has 0 amide bonds. The van der Waals surface area contributed by atoms with Gasteiger partial charge in [0.1, 0.15) is 5.75 Å². The predicted molar refractivity (Wildman–Crippen MR) is 88.8 cm³/mol. The molecule has 1 aromatic rings. The highest BCUT2D eigenvalue weighted by Crippen LogP contribution is 2.40. The minimum absolute atomic E-state index is 0.0213. The van der Waals surface area contributed by atoms with Crippen molar-refractivity contribution in [1.29, 1.82) is 0 Å². The molecule has 0 saturated heterocycles. The number of benzene rings is 1. The van der Waals surface area contributed by atoms with Gasteiger partial charge in [-0.25, -0.2) is 0 Å². The SMILES string of the molecule is CCCC[C@H]1O[C@H](CC(=O)O)CC2=C1C(=O)c1c(O)cccc1C2=O. The van der Waals surface area contributed by atoms with Crippen LogP contribution in [0.25, 0.3) is 0 Å². The quantitative estimate of drug-likeness (QED) is 0.852. The summed E-state index contributed by atoms with van der Waals surface area (Å²) >= 11 is 0. The van der Waals surface area contributed by atoms with Crippen molar-refractivity contribution >= 4 is 17.5 Å². The van der Waals surface area contributed by atoms with E-state index in [0.717, 1.165) is 12.8 Å². The molecule has 25 heavy (non-hydrogen) atoms. The van der Waals surface area contributed by atoms with E-state index in [1.165, 1.54) is 18.2 Å². The summed E-state index contributed by atoms with van der Waals surface area (Å²) in [5.74, 6) is -1.93. The van der Waals surface area contributed by atoms with Gasteiger partial charge in [-0.3, -0.25) is 14.4 Å². The number of ketones is 2. The third kappa shape index (κ3) is 3.09. The van der Waals surface area contributed by atoms with Crippen LogP contribution in [0.15, 0.2) is 29.3 Å². The van der Waals surface area contributed by atoms with Crippen molar-refractivity contribution in [3.05, 3.63) is 40.5 Å². The van der Waals surface area contributed by atoms with E-state index in [2.05, 4.69) is 0 Å². The molecule has 0 radical (unpaired) electrons. The van der Waals surface area contributed by atoms with E-state index in [1.807, 2.05) is 6.92 Å². The Morgan fingerprint density at radius 2 is 2.04 bits per heavy atom. The molecule has 2 atom stereocenters. The molecule has 132 valence electrons. The number of phenols is 1. The summed E-state index contributed by atoms with van der Waals surface area (Å²) < 4.78 is 5.85. The van der Waals surface area contributed by atoms with Gasteiger partial charge in [0.05, 0.1) is 24.2 Å². The van der Waals surface area contributed by atoms with Gasteiger partial charge in [-0.05, 0) is 12.5 Å². The fraction of sp³-hybridized carbons (Fsp3) is 0.421. The van der Waals surface area contributed by atoms with Gasteiger partial charge in [-0.2, -0.15) is 0 Å². The summed E-state index contributed by atoms with van der Waals surface area (Å²) in [4.78, 5) is 36.9. The molecule has 3 rings (SSSR count). The maximum absolute atomic E-state index is 13.0. The number of ether oxygens (including phenoxy) is 1. The zero-order valence-electron chi connectivity index (χ0n) is 13.9. The molecular formula is C19H20O6. The number of unbranched alkanes of at least 4 members (excludes halogenated alkanes) is 1. The minimum Gasteiger partial charge on any atom is -0.507 e. The molecule has 0 saturated carbocycles. The van der Waals surface area contributed by atoms with Crippen LogP contribution >= 0.6 is 0 Å². The van der Waals surface area contributed by atoms with Crippen molar-refractivity contribution in [2.75, 3.05) is 0 Å². The minimum atomic E-state index is -1.00. The average molecular weight is 344 g/mol. The smallest absolute Gasteiger partial charge is 0.305 e. The van der Waals surface area contributed by atoms with Crippen molar-refractivity contribution in [2.45, 2.75) is 51.2 Å². The Labute approximate surface area is 145 Å². The first-order valence-electron chi connectivity index (χ1n) is 8.45. The fourth-order valence-electron chi connectivity index (χ4n) is 3.56. The number of carbonyl (C=O) groups is 3. The fourth-order valence-corrected chi connectivity index (χ4v) is 3.56. The lowest BCUT2D eigenvalue weighted by Crippen LogP contribution is -2.39. The standard InChI is InChI=1S/C19H20O6/c1-2-3-7-14-17-12(8-10(25-14)9-15(21)22)18(23)11-5-4-6-13(20)16(11)19(17)24/h4-6,10,14,20H,2-3,7-9H2,1H3,(H,21,22)/t10-,14+/m0/s1. The van der Waals surface area contributed by atoms with Crippen LogP contribution in [0, 0.1) is 0 Å². The number of fused-ring (bicyclic) bond motifs is 1. The summed E-state index contributed by atoms with van der Waals surface area (Å²) in [5, 5.41) is 19.1. The monoisotopic (exact) mass is 344 g/mol. The second-order valence-electron chi connectivity index (χ2n) is 6.44. The van der Waals surface area contributed by atoms with Gasteiger partial charge >= 0.3 is 5.97 Å². The number of hydrogen-bond acceptors (Lipinski definition) is 5. The number of aliphatic carboxylic acids is 1. The van der Waals surface area contributed by atoms with Crippen LogP contribution in [0.4, 0.5) is 0 Å². The number of phenolic OH excluding ortho intramolecular Hbond substituents is 1. The normalized spacial score (nSPS) is 22.6. The van der Waals surface area contributed by atoms with E-state index in [-0.39, 0.29) is 41.1 Å². The molecule has 1 aromatic carbocycles. The first-order chi connectivity index (χ1) is 11.9. The Balaban J connectivity index is 2.06. The van der Waals surface area contributed by atoms with Crippen LogP contribution in [0.5, 0.6) is 5.75 Å². The summed E-state index contributed by atoms with van der Waals surface area (Å²) in [5.41, 5.74) is 0.817. The lowest BCUT2D eigenvalue weighted by atomic mass is 9.77. The molecular weight excluding hydrogens is 324 g/mol. The molecule has 1 heterocycles. The lowest BCUT2D eigenvalue weighted by Gasteiger charge is -2.35. The molecule has 2 N–H and O–H groups in total. The summed E-state index contributed by atoms with van der Waals surface area (Å²) in [6, 6.07) is 4.42. The van der Waals surface area contributed by atoms with E-state index in [0.29, 0.717) is 12.0 Å². The molecule has 0 unspecified atom stereocenters. The Kier molecular flexibility index (Phi) is 4.72. The van der Waals surface area contributed by atoms with E-state index < -0.39 is 24.0 Å². The van der Waals surface area contributed by atoms with Gasteiger partial charge in [0, 0.05) is 23.1 Å². The summed E-state index contributed by atoms with van der Waals surface area (Å²) in [6.07, 6.45) is 0.850. The van der Waals surface area contributed by atoms with Crippen LogP contribution in [0.2, 0.25) is 0 Å². The van der Waals surface area contributed by atoms with E-state index in [1.54, 1.807) is 0 Å². The third-order valence-corrected chi connectivity index (χ3v) is 4.69. The number of Topliss-reactive ketones (excluding diaryl/α,β-unsaturated/α-hetero) is 2. The largest absolute Gasteiger partial charge is 0.507 e. The first-order valence-corrected chi connectivity index (χ1v) is 8.45. The number of aromatic hydroxyl groups is 1. The molecule has 0 spiro atoms. The van der Waals surface area contributed by atoms with Crippen LogP contribution in [0.3, 0.4) is 0 Å². The number of carbonyl (C=O) groups excluding carboxylic acids is 2. The molecule has 1 aliphatic heterocycles. The van der Waals surface area contributed by atoms with Gasteiger partial charge in [0.15, 0.2) is 11.6 Å². The van der Waals surface area contributed by atoms with E-state index in [4.69, 9.17) is 9.84 Å². The van der Waals surface area contributed by atoms with Crippen molar-refractivity contribution in [1.82, 2.24) is 0 Å². The number of carboxylic acid groups (broad SMARTS) is 1. The van der Waals surface area contributed by atoms with Crippen LogP contribution in [-0.2, 0) is 9.53 Å². The number of hydrogen-bond donors (Lipinski definition) is 2. The maximum Gasteiger partial charge on any atom is 0.305 e. The highest BCUT2D eigenvalue weighted by molar-refractivity contribution is 6.28. The molecule has 1 aliphatic carbocycles. The predicted octanol–water partition coefficient (Wildman–Crippen LogP) is 2.89. The van der Waals surface area contributed by atoms with Crippen molar-refractivity contribution < 1.29 is 29.3 Å². The van der Waals surface area contributed by atoms with E-state index in [9.17, 15) is 19.5 Å². The first kappa shape index (κ1) is 17.4. The molecule has 0 fully saturated rings. The van der Waals surface area contributed by atoms with Gasteiger partial charge in [-0.15, -0.1) is 0 Å². The molecule has 2 aliphatic rings. The Bertz CT molecular complexity index is 776. The third-order valence-electron chi connectivity index (χ3n) is 4.69. The summed E-state index contributed by atoms with van der Waals surface area (Å²) in [7, 11) is 0. The zero-order chi connectivity index (χ0) is 18.1. The molecule has 6 heteroatoms. The van der Waals surface area contributed by atoms with Crippen molar-refractivity contribution in [3.63, 3.8) is 0 Å². The summed E-state index contributed by atoms with van der Waals surface area (Å²) in [6.45, 7) is 2.00. The maximum atomic E-state index is 13.0. The van der Waals surface area contributed by atoms with Gasteiger partial charge in [0.2, 0.25) is 0 Å². The molecule has 0 aromatic heterocycles. The van der Waals surface area contributed by atoms with Crippen LogP contribution in [-0.4, -0.2) is 40.0 Å². The lowest BCUT2D eigenvalue weighted by molar-refractivity contribution is -0.141. The van der Waals surface area contributed by atoms with Crippen molar-refractivity contribution in [3.8, 4) is 5.75 Å². The van der Waals surface area contributed by atoms with Gasteiger partial charge in [-0.1, -0.05) is 31.9 Å². The number of carboxylic acids is 1. The van der Waals surface area contributed by atoms with Gasteiger partial charge in [0.25, 0.3) is 0 Å². The number of rotatable bonds is 5. The van der Waals surface area contributed by atoms with Gasteiger partial charge < -0.3 is 14.9 Å². The Morgan fingerprint density at radius 3 is 2.72 bits per heavy atom. The zero-order valence-corrected chi connectivity index (χ0v) is 13.9. The van der Waals surface area contributed by atoms with Crippen LogP contribution in [0.1, 0.15) is 59.7 Å². The second kappa shape index (κ2) is 6.80. The topological polar surface area (TPSA) is 101 Å². The highest BCUT2D eigenvalue weighted by atomic mass is 16.5. The Hall–Kier alpha value is -2.47. The Morgan fingerprint density at radius 1 is 1.28 bits per heavy atom. The van der Waals surface area contributed by atoms with Crippen molar-refractivity contribution in [2.24, 2.45) is 0 Å². The molecule has 0 bridgehead atoms. The van der Waals surface area contributed by atoms with E-state index >= 15 is 0 Å². The second-order valence-corrected chi connectivity index (χ2v) is 6.44. The van der Waals surface area contributed by atoms with Crippen LogP contribution < -0.4 is 0 Å². The highest BCUT2D eigenvalue weighted by Gasteiger charge is 2.42. The average Bonchev–Trinajstić information content (AvgIpc) is 2.56. The molecule has 6 nitrogen and oxygen atoms in total.